The Kier molecular flexibility index (Phi) is 6.20. The zero-order valence-electron chi connectivity index (χ0n) is 16.4. The van der Waals surface area contributed by atoms with Crippen molar-refractivity contribution in [3.8, 4) is 0 Å². The van der Waals surface area contributed by atoms with Crippen molar-refractivity contribution in [2.24, 2.45) is 0 Å². The second kappa shape index (κ2) is 9.18. The minimum atomic E-state index is 0.235. The molecule has 1 aliphatic rings. The molecule has 4 nitrogen and oxygen atoms in total. The van der Waals surface area contributed by atoms with Crippen LogP contribution in [0.15, 0.2) is 66.7 Å². The first-order valence-corrected chi connectivity index (χ1v) is 10.3. The number of aliphatic hydroxyl groups excluding tert-OH is 1. The van der Waals surface area contributed by atoms with E-state index in [0.29, 0.717) is 6.04 Å². The van der Waals surface area contributed by atoms with Crippen molar-refractivity contribution in [3.63, 3.8) is 0 Å². The van der Waals surface area contributed by atoms with Gasteiger partial charge in [-0.25, -0.2) is 4.98 Å². The molecule has 1 aliphatic heterocycles. The third-order valence-corrected chi connectivity index (χ3v) is 5.73. The number of nitrogens with zero attached hydrogens (tertiary/aromatic N) is 3. The number of rotatable bonds is 7. The van der Waals surface area contributed by atoms with Crippen molar-refractivity contribution in [1.29, 1.82) is 0 Å². The fourth-order valence-corrected chi connectivity index (χ4v) is 4.18. The van der Waals surface area contributed by atoms with E-state index in [9.17, 15) is 5.11 Å². The third kappa shape index (κ3) is 4.51. The summed E-state index contributed by atoms with van der Waals surface area (Å²) in [5, 5.41) is 10.8. The second-order valence-electron chi connectivity index (χ2n) is 7.60. The average Bonchev–Trinajstić information content (AvgIpc) is 2.75. The summed E-state index contributed by atoms with van der Waals surface area (Å²) in [5.41, 5.74) is 2.45. The standard InChI is InChI=1S/C24H29N3O/c28-18-14-22-19-27(24-13-12-21-10-4-5-11-23(21)25-24)17-16-26(22)15-6-9-20-7-2-1-3-8-20/h1-5,7-8,10-13,22,28H,6,9,14-19H2. The van der Waals surface area contributed by atoms with Crippen LogP contribution in [0.1, 0.15) is 18.4 Å². The lowest BCUT2D eigenvalue weighted by atomic mass is 10.1. The number of anilines is 1. The number of benzene rings is 2. The van der Waals surface area contributed by atoms with Crippen LogP contribution in [0.25, 0.3) is 10.9 Å². The Morgan fingerprint density at radius 3 is 2.61 bits per heavy atom. The smallest absolute Gasteiger partial charge is 0.129 e. The highest BCUT2D eigenvalue weighted by Crippen LogP contribution is 2.22. The average molecular weight is 376 g/mol. The molecule has 28 heavy (non-hydrogen) atoms. The van der Waals surface area contributed by atoms with E-state index in [0.717, 1.165) is 56.8 Å². The SMILES string of the molecule is OCCC1CN(c2ccc3ccccc3n2)CCN1CCCc1ccccc1. The van der Waals surface area contributed by atoms with Gasteiger partial charge in [0.25, 0.3) is 0 Å². The lowest BCUT2D eigenvalue weighted by Crippen LogP contribution is -2.54. The molecule has 1 aromatic heterocycles. The van der Waals surface area contributed by atoms with E-state index in [1.165, 1.54) is 10.9 Å². The van der Waals surface area contributed by atoms with Gasteiger partial charge in [0.1, 0.15) is 5.82 Å². The van der Waals surface area contributed by atoms with Crippen LogP contribution in [0.5, 0.6) is 0 Å². The van der Waals surface area contributed by atoms with Gasteiger partial charge in [-0.1, -0.05) is 48.5 Å². The molecular weight excluding hydrogens is 346 g/mol. The number of hydrogen-bond donors (Lipinski definition) is 1. The van der Waals surface area contributed by atoms with Crippen molar-refractivity contribution >= 4 is 16.7 Å². The highest BCUT2D eigenvalue weighted by molar-refractivity contribution is 5.80. The first-order chi connectivity index (χ1) is 13.8. The predicted octanol–water partition coefficient (Wildman–Crippen LogP) is 3.74. The highest BCUT2D eigenvalue weighted by Gasteiger charge is 2.27. The molecular formula is C24H29N3O. The number of para-hydroxylation sites is 1. The summed E-state index contributed by atoms with van der Waals surface area (Å²) in [6.45, 7) is 4.25. The number of pyridine rings is 1. The Morgan fingerprint density at radius 2 is 1.75 bits per heavy atom. The molecule has 0 spiro atoms. The molecule has 1 atom stereocenters. The Bertz CT molecular complexity index is 883. The lowest BCUT2D eigenvalue weighted by molar-refractivity contribution is 0.140. The van der Waals surface area contributed by atoms with E-state index in [4.69, 9.17) is 4.98 Å². The normalized spacial score (nSPS) is 17.9. The van der Waals surface area contributed by atoms with E-state index in [-0.39, 0.29) is 6.61 Å². The molecule has 1 saturated heterocycles. The number of aromatic nitrogens is 1. The first-order valence-electron chi connectivity index (χ1n) is 10.3. The molecule has 1 N–H and O–H groups in total. The highest BCUT2D eigenvalue weighted by atomic mass is 16.3. The number of hydrogen-bond acceptors (Lipinski definition) is 4. The molecule has 4 heteroatoms. The number of fused-ring (bicyclic) bond motifs is 1. The molecule has 4 rings (SSSR count). The number of piperazine rings is 1. The van der Waals surface area contributed by atoms with Gasteiger partial charge in [0.2, 0.25) is 0 Å². The van der Waals surface area contributed by atoms with Gasteiger partial charge in [-0.2, -0.15) is 0 Å². The summed E-state index contributed by atoms with van der Waals surface area (Å²) in [6, 6.07) is 23.6. The zero-order chi connectivity index (χ0) is 19.2. The van der Waals surface area contributed by atoms with Crippen LogP contribution in [0.3, 0.4) is 0 Å². The van der Waals surface area contributed by atoms with Gasteiger partial charge in [-0.3, -0.25) is 4.90 Å². The predicted molar refractivity (Wildman–Crippen MR) is 116 cm³/mol. The van der Waals surface area contributed by atoms with Crippen LogP contribution in [-0.2, 0) is 6.42 Å². The lowest BCUT2D eigenvalue weighted by Gasteiger charge is -2.42. The number of aryl methyl sites for hydroxylation is 1. The van der Waals surface area contributed by atoms with Crippen LogP contribution in [0.2, 0.25) is 0 Å². The van der Waals surface area contributed by atoms with Crippen LogP contribution in [-0.4, -0.2) is 53.8 Å². The summed E-state index contributed by atoms with van der Waals surface area (Å²) in [5.74, 6) is 1.05. The molecule has 1 unspecified atom stereocenters. The van der Waals surface area contributed by atoms with E-state index < -0.39 is 0 Å². The minimum Gasteiger partial charge on any atom is -0.396 e. The molecule has 3 aromatic rings. The molecule has 0 aliphatic carbocycles. The summed E-state index contributed by atoms with van der Waals surface area (Å²) in [6.07, 6.45) is 3.08. The molecule has 146 valence electrons. The Balaban J connectivity index is 1.39. The van der Waals surface area contributed by atoms with Crippen molar-refractivity contribution in [2.75, 3.05) is 37.7 Å². The van der Waals surface area contributed by atoms with Gasteiger partial charge in [0, 0.05) is 37.7 Å². The maximum absolute atomic E-state index is 9.58. The van der Waals surface area contributed by atoms with E-state index in [1.807, 2.05) is 6.07 Å². The van der Waals surface area contributed by atoms with Gasteiger partial charge in [-0.15, -0.1) is 0 Å². The van der Waals surface area contributed by atoms with Gasteiger partial charge in [0.15, 0.2) is 0 Å². The third-order valence-electron chi connectivity index (χ3n) is 5.73. The second-order valence-corrected chi connectivity index (χ2v) is 7.60. The molecule has 2 heterocycles. The van der Waals surface area contributed by atoms with Crippen LogP contribution in [0.4, 0.5) is 5.82 Å². The van der Waals surface area contributed by atoms with Gasteiger partial charge in [-0.05, 0) is 49.6 Å². The quantitative estimate of drug-likeness (QED) is 0.683. The topological polar surface area (TPSA) is 39.6 Å². The fraction of sp³-hybridized carbons (Fsp3) is 0.375. The first kappa shape index (κ1) is 18.9. The van der Waals surface area contributed by atoms with Gasteiger partial charge >= 0.3 is 0 Å². The number of aliphatic hydroxyl groups is 1. The van der Waals surface area contributed by atoms with E-state index in [1.54, 1.807) is 0 Å². The monoisotopic (exact) mass is 375 g/mol. The van der Waals surface area contributed by atoms with Crippen LogP contribution < -0.4 is 4.90 Å². The zero-order valence-corrected chi connectivity index (χ0v) is 16.4. The summed E-state index contributed by atoms with van der Waals surface area (Å²) >= 11 is 0. The van der Waals surface area contributed by atoms with Crippen molar-refractivity contribution in [3.05, 3.63) is 72.3 Å². The minimum absolute atomic E-state index is 0.235. The largest absolute Gasteiger partial charge is 0.396 e. The fourth-order valence-electron chi connectivity index (χ4n) is 4.18. The Morgan fingerprint density at radius 1 is 0.929 bits per heavy atom. The van der Waals surface area contributed by atoms with Crippen molar-refractivity contribution in [1.82, 2.24) is 9.88 Å². The van der Waals surface area contributed by atoms with Crippen LogP contribution in [0, 0.1) is 0 Å². The van der Waals surface area contributed by atoms with Gasteiger partial charge in [0.05, 0.1) is 5.52 Å². The molecule has 2 aromatic carbocycles. The van der Waals surface area contributed by atoms with Crippen molar-refractivity contribution in [2.45, 2.75) is 25.3 Å². The Labute approximate surface area is 167 Å². The van der Waals surface area contributed by atoms with Crippen molar-refractivity contribution < 1.29 is 5.11 Å². The van der Waals surface area contributed by atoms with E-state index in [2.05, 4.69) is 70.5 Å². The summed E-state index contributed by atoms with van der Waals surface area (Å²) in [7, 11) is 0. The van der Waals surface area contributed by atoms with Crippen LogP contribution >= 0.6 is 0 Å². The molecule has 0 bridgehead atoms. The van der Waals surface area contributed by atoms with Gasteiger partial charge < -0.3 is 10.0 Å². The van der Waals surface area contributed by atoms with E-state index >= 15 is 0 Å². The molecule has 0 amide bonds. The molecule has 0 radical (unpaired) electrons. The summed E-state index contributed by atoms with van der Waals surface area (Å²) in [4.78, 5) is 9.79. The molecule has 0 saturated carbocycles. The summed E-state index contributed by atoms with van der Waals surface area (Å²) < 4.78 is 0. The maximum Gasteiger partial charge on any atom is 0.129 e. The molecule has 1 fully saturated rings. The maximum atomic E-state index is 9.58. The Hall–Kier alpha value is -2.43.